The van der Waals surface area contributed by atoms with Crippen LogP contribution in [0, 0.1) is 5.92 Å². The minimum absolute atomic E-state index is 0.271. The quantitative estimate of drug-likeness (QED) is 0.567. The van der Waals surface area contributed by atoms with E-state index >= 15 is 0 Å². The summed E-state index contributed by atoms with van der Waals surface area (Å²) in [6.45, 7) is 2.04. The lowest BCUT2D eigenvalue weighted by molar-refractivity contribution is -0.152. The molecule has 0 radical (unpaired) electrons. The van der Waals surface area contributed by atoms with Crippen LogP contribution in [0.4, 0.5) is 0 Å². The third-order valence-electron chi connectivity index (χ3n) is 3.97. The number of halogens is 1. The zero-order valence-corrected chi connectivity index (χ0v) is 10.9. The summed E-state index contributed by atoms with van der Waals surface area (Å²) >= 11 is 0. The van der Waals surface area contributed by atoms with Gasteiger partial charge in [-0.05, 0) is 18.8 Å². The second kappa shape index (κ2) is 3.88. The van der Waals surface area contributed by atoms with Crippen molar-refractivity contribution in [1.29, 1.82) is 0 Å². The van der Waals surface area contributed by atoms with Crippen molar-refractivity contribution in [1.82, 2.24) is 4.31 Å². The van der Waals surface area contributed by atoms with Crippen LogP contribution in [0.25, 0.3) is 0 Å². The topological polar surface area (TPSA) is 54.5 Å². The van der Waals surface area contributed by atoms with E-state index in [-0.39, 0.29) is 11.8 Å². The minimum Gasteiger partial charge on any atom is -0.274 e. The first-order valence-corrected chi connectivity index (χ1v) is 7.96. The fraction of sp³-hybridized carbons (Fsp3) is 0.900. The zero-order valence-electron chi connectivity index (χ0n) is 9.28. The molecule has 1 aliphatic carbocycles. The van der Waals surface area contributed by atoms with Crippen LogP contribution < -0.4 is 0 Å². The summed E-state index contributed by atoms with van der Waals surface area (Å²) in [5.41, 5.74) is -0.495. The summed E-state index contributed by atoms with van der Waals surface area (Å²) in [5.74, 6) is -0.0807. The Morgan fingerprint density at radius 2 is 2.19 bits per heavy atom. The van der Waals surface area contributed by atoms with E-state index in [2.05, 4.69) is 0 Å². The summed E-state index contributed by atoms with van der Waals surface area (Å²) in [7, 11) is 1.44. The molecule has 4 nitrogen and oxygen atoms in total. The fourth-order valence-corrected chi connectivity index (χ4v) is 4.97. The van der Waals surface area contributed by atoms with Gasteiger partial charge in [-0.2, -0.15) is 8.42 Å². The average molecular weight is 266 g/mol. The second-order valence-corrected chi connectivity index (χ2v) is 7.09. The highest BCUT2D eigenvalue weighted by molar-refractivity contribution is 8.12. The van der Waals surface area contributed by atoms with E-state index in [1.807, 2.05) is 6.92 Å². The normalized spacial score (nSPS) is 35.2. The van der Waals surface area contributed by atoms with E-state index < -0.39 is 14.8 Å². The Morgan fingerprint density at radius 1 is 1.50 bits per heavy atom. The standard InChI is InChI=1S/C10H16ClNO3S/c1-2-8-5-3-4-6-10(8)7-9(13)12(10)16(11,14)15/h8H,2-7H2,1H3. The van der Waals surface area contributed by atoms with Gasteiger partial charge in [-0.15, -0.1) is 0 Å². The van der Waals surface area contributed by atoms with Crippen LogP contribution in [-0.4, -0.2) is 24.2 Å². The first-order valence-electron chi connectivity index (χ1n) is 5.69. The van der Waals surface area contributed by atoms with Crippen LogP contribution in [-0.2, 0) is 14.0 Å². The molecule has 1 spiro atoms. The maximum absolute atomic E-state index is 11.5. The molecule has 0 aromatic carbocycles. The Morgan fingerprint density at radius 3 is 2.69 bits per heavy atom. The maximum Gasteiger partial charge on any atom is 0.324 e. The number of hydrogen-bond acceptors (Lipinski definition) is 3. The third kappa shape index (κ3) is 1.64. The fourth-order valence-electron chi connectivity index (χ4n) is 3.28. The Bertz CT molecular complexity index is 408. The van der Waals surface area contributed by atoms with E-state index in [1.54, 1.807) is 0 Å². The lowest BCUT2D eigenvalue weighted by Gasteiger charge is -2.55. The predicted octanol–water partition coefficient (Wildman–Crippen LogP) is 2.04. The molecule has 1 amide bonds. The van der Waals surface area contributed by atoms with Crippen molar-refractivity contribution in [3.8, 4) is 0 Å². The third-order valence-corrected chi connectivity index (χ3v) is 5.39. The lowest BCUT2D eigenvalue weighted by Crippen LogP contribution is -2.68. The van der Waals surface area contributed by atoms with Crippen molar-refractivity contribution in [2.45, 2.75) is 51.0 Å². The molecule has 2 atom stereocenters. The highest BCUT2D eigenvalue weighted by atomic mass is 35.7. The van der Waals surface area contributed by atoms with Crippen molar-refractivity contribution < 1.29 is 13.2 Å². The second-order valence-electron chi connectivity index (χ2n) is 4.73. The summed E-state index contributed by atoms with van der Waals surface area (Å²) < 4.78 is 23.8. The molecule has 2 aliphatic rings. The highest BCUT2D eigenvalue weighted by Crippen LogP contribution is 2.50. The smallest absolute Gasteiger partial charge is 0.274 e. The van der Waals surface area contributed by atoms with Gasteiger partial charge in [0.05, 0.1) is 12.0 Å². The van der Waals surface area contributed by atoms with Crippen molar-refractivity contribution >= 4 is 25.8 Å². The van der Waals surface area contributed by atoms with Gasteiger partial charge in [0.25, 0.3) is 0 Å². The Hall–Kier alpha value is -0.290. The maximum atomic E-state index is 11.5. The summed E-state index contributed by atoms with van der Waals surface area (Å²) in [5, 5.41) is 0. The van der Waals surface area contributed by atoms with Gasteiger partial charge in [-0.25, -0.2) is 4.31 Å². The number of amides is 1. The van der Waals surface area contributed by atoms with Gasteiger partial charge in [-0.3, -0.25) is 4.79 Å². The Kier molecular flexibility index (Phi) is 2.95. The van der Waals surface area contributed by atoms with Crippen LogP contribution in [0.3, 0.4) is 0 Å². The van der Waals surface area contributed by atoms with Crippen LogP contribution in [0.2, 0.25) is 0 Å². The molecule has 1 saturated carbocycles. The Labute approximate surface area is 101 Å². The van der Waals surface area contributed by atoms with Crippen molar-refractivity contribution in [2.24, 2.45) is 5.92 Å². The molecule has 0 bridgehead atoms. The number of carbonyl (C=O) groups is 1. The van der Waals surface area contributed by atoms with Gasteiger partial charge in [0, 0.05) is 10.7 Å². The van der Waals surface area contributed by atoms with Crippen LogP contribution in [0.1, 0.15) is 45.4 Å². The van der Waals surface area contributed by atoms with E-state index in [1.165, 1.54) is 0 Å². The van der Waals surface area contributed by atoms with E-state index in [9.17, 15) is 13.2 Å². The molecule has 6 heteroatoms. The molecule has 0 aromatic rings. The summed E-state index contributed by atoms with van der Waals surface area (Å²) in [6.07, 6.45) is 5.10. The van der Waals surface area contributed by atoms with Crippen molar-refractivity contribution in [2.75, 3.05) is 0 Å². The monoisotopic (exact) mass is 265 g/mol. The molecular formula is C10H16ClNO3S. The number of rotatable bonds is 2. The van der Waals surface area contributed by atoms with Gasteiger partial charge in [0.1, 0.15) is 0 Å². The molecule has 1 saturated heterocycles. The minimum atomic E-state index is -3.91. The molecular weight excluding hydrogens is 250 g/mol. The summed E-state index contributed by atoms with van der Waals surface area (Å²) in [4.78, 5) is 11.5. The summed E-state index contributed by atoms with van der Waals surface area (Å²) in [6, 6.07) is 0. The van der Waals surface area contributed by atoms with E-state index in [0.717, 1.165) is 36.4 Å². The molecule has 1 aliphatic heterocycles. The molecule has 92 valence electrons. The van der Waals surface area contributed by atoms with Gasteiger partial charge in [0.2, 0.25) is 5.91 Å². The molecule has 0 N–H and O–H groups in total. The number of carbonyl (C=O) groups excluding carboxylic acids is 1. The lowest BCUT2D eigenvalue weighted by atomic mass is 9.66. The van der Waals surface area contributed by atoms with Gasteiger partial charge in [-0.1, -0.05) is 26.2 Å². The molecule has 16 heavy (non-hydrogen) atoms. The number of nitrogens with zero attached hydrogens (tertiary/aromatic N) is 1. The number of β-lactam (4-membered cyclic amide) rings is 1. The van der Waals surface area contributed by atoms with E-state index in [0.29, 0.717) is 6.42 Å². The van der Waals surface area contributed by atoms with Crippen molar-refractivity contribution in [3.05, 3.63) is 0 Å². The molecule has 1 heterocycles. The number of hydrogen-bond donors (Lipinski definition) is 0. The van der Waals surface area contributed by atoms with Crippen molar-refractivity contribution in [3.63, 3.8) is 0 Å². The molecule has 2 rings (SSSR count). The van der Waals surface area contributed by atoms with E-state index in [4.69, 9.17) is 10.7 Å². The van der Waals surface area contributed by atoms with Crippen LogP contribution in [0.15, 0.2) is 0 Å². The van der Waals surface area contributed by atoms with Crippen LogP contribution in [0.5, 0.6) is 0 Å². The predicted molar refractivity (Wildman–Crippen MR) is 61.2 cm³/mol. The van der Waals surface area contributed by atoms with Gasteiger partial charge >= 0.3 is 9.24 Å². The first kappa shape index (κ1) is 12.2. The SMILES string of the molecule is CCC1CCCCC12CC(=O)N2S(=O)(=O)Cl. The first-order chi connectivity index (χ1) is 7.42. The van der Waals surface area contributed by atoms with Crippen LogP contribution >= 0.6 is 10.7 Å². The molecule has 2 fully saturated rings. The highest BCUT2D eigenvalue weighted by Gasteiger charge is 2.60. The molecule has 0 aromatic heterocycles. The zero-order chi connectivity index (χ0) is 12.0. The largest absolute Gasteiger partial charge is 0.324 e. The average Bonchev–Trinajstić information content (AvgIpc) is 2.14. The molecule has 2 unspecified atom stereocenters. The Balaban J connectivity index is 2.34. The van der Waals surface area contributed by atoms with Gasteiger partial charge in [0.15, 0.2) is 0 Å². The van der Waals surface area contributed by atoms with Gasteiger partial charge < -0.3 is 0 Å².